The van der Waals surface area contributed by atoms with Crippen LogP contribution in [-0.4, -0.2) is 34.7 Å². The maximum absolute atomic E-state index is 12.3. The minimum absolute atomic E-state index is 0.0963. The minimum atomic E-state index is -0.713. The normalized spacial score (nSPS) is 22.7. The number of ketones is 1. The summed E-state index contributed by atoms with van der Waals surface area (Å²) < 4.78 is 0. The van der Waals surface area contributed by atoms with Gasteiger partial charge in [-0.2, -0.15) is 0 Å². The molecule has 100 valence electrons. The van der Waals surface area contributed by atoms with Gasteiger partial charge in [-0.1, -0.05) is 33.6 Å². The first-order valence-corrected chi connectivity index (χ1v) is 6.44. The molecule has 5 nitrogen and oxygen atoms in total. The summed E-state index contributed by atoms with van der Waals surface area (Å²) in [6, 6.07) is -0.417. The van der Waals surface area contributed by atoms with Crippen LogP contribution in [0.1, 0.15) is 46.5 Å². The third-order valence-electron chi connectivity index (χ3n) is 3.84. The molecule has 1 heterocycles. The number of nitrogens with zero attached hydrogens (tertiary/aromatic N) is 1. The van der Waals surface area contributed by atoms with Gasteiger partial charge in [0.15, 0.2) is 5.78 Å². The molecule has 0 aromatic rings. The van der Waals surface area contributed by atoms with Crippen molar-refractivity contribution in [1.29, 1.82) is 0 Å². The van der Waals surface area contributed by atoms with Gasteiger partial charge in [-0.25, -0.2) is 4.79 Å². The number of nitrogens with one attached hydrogen (secondary N) is 1. The fourth-order valence-corrected chi connectivity index (χ4v) is 2.52. The number of amides is 3. The van der Waals surface area contributed by atoms with Crippen molar-refractivity contribution in [2.75, 3.05) is 6.54 Å². The van der Waals surface area contributed by atoms with Crippen molar-refractivity contribution in [3.05, 3.63) is 0 Å². The molecule has 2 rings (SSSR count). The van der Waals surface area contributed by atoms with E-state index < -0.39 is 17.0 Å². The Morgan fingerprint density at radius 1 is 1.28 bits per heavy atom. The molecule has 0 aromatic carbocycles. The molecular formula is C13H20N2O3. The molecule has 0 unspecified atom stereocenters. The Hall–Kier alpha value is -1.39. The SMILES string of the molecule is CC(C)(C)C(=O)CN1C(=O)NC2(CCCC2)C1=O. The molecule has 5 heteroatoms. The minimum Gasteiger partial charge on any atom is -0.323 e. The molecule has 3 amide bonds. The van der Waals surface area contributed by atoms with Gasteiger partial charge in [-0.05, 0) is 12.8 Å². The predicted octanol–water partition coefficient (Wildman–Crippen LogP) is 1.47. The van der Waals surface area contributed by atoms with Crippen LogP contribution in [0.25, 0.3) is 0 Å². The molecule has 0 bridgehead atoms. The molecule has 2 aliphatic rings. The zero-order chi connectivity index (χ0) is 13.6. The first-order valence-electron chi connectivity index (χ1n) is 6.44. The Balaban J connectivity index is 2.13. The van der Waals surface area contributed by atoms with Gasteiger partial charge in [0.25, 0.3) is 5.91 Å². The van der Waals surface area contributed by atoms with E-state index in [1.165, 1.54) is 0 Å². The van der Waals surface area contributed by atoms with Crippen LogP contribution in [0.2, 0.25) is 0 Å². The maximum atomic E-state index is 12.3. The molecular weight excluding hydrogens is 232 g/mol. The molecule has 0 atom stereocenters. The van der Waals surface area contributed by atoms with Crippen molar-refractivity contribution in [3.63, 3.8) is 0 Å². The number of Topliss-reactive ketones (excluding diaryl/α,β-unsaturated/α-hetero) is 1. The Labute approximate surface area is 107 Å². The fraction of sp³-hybridized carbons (Fsp3) is 0.769. The lowest BCUT2D eigenvalue weighted by atomic mass is 9.90. The van der Waals surface area contributed by atoms with E-state index in [0.717, 1.165) is 17.7 Å². The smallest absolute Gasteiger partial charge is 0.323 e. The molecule has 0 aromatic heterocycles. The number of imide groups is 1. The predicted molar refractivity (Wildman–Crippen MR) is 65.9 cm³/mol. The molecule has 2 fully saturated rings. The van der Waals surface area contributed by atoms with Crippen LogP contribution in [0.3, 0.4) is 0 Å². The first kappa shape index (κ1) is 13.1. The third kappa shape index (κ3) is 2.02. The van der Waals surface area contributed by atoms with Gasteiger partial charge in [-0.3, -0.25) is 14.5 Å². The average Bonchev–Trinajstić information content (AvgIpc) is 2.79. The van der Waals surface area contributed by atoms with Crippen LogP contribution < -0.4 is 5.32 Å². The van der Waals surface area contributed by atoms with Crippen LogP contribution in [-0.2, 0) is 9.59 Å². The largest absolute Gasteiger partial charge is 0.325 e. The molecule has 18 heavy (non-hydrogen) atoms. The number of rotatable bonds is 2. The number of urea groups is 1. The van der Waals surface area contributed by atoms with Gasteiger partial charge in [0.1, 0.15) is 5.54 Å². The Kier molecular flexibility index (Phi) is 2.95. The first-order chi connectivity index (χ1) is 8.26. The second-order valence-corrected chi connectivity index (χ2v) is 6.28. The van der Waals surface area contributed by atoms with Crippen LogP contribution in [0.4, 0.5) is 4.79 Å². The summed E-state index contributed by atoms with van der Waals surface area (Å²) in [4.78, 5) is 37.2. The lowest BCUT2D eigenvalue weighted by Gasteiger charge is -2.22. The van der Waals surface area contributed by atoms with Gasteiger partial charge in [-0.15, -0.1) is 0 Å². The van der Waals surface area contributed by atoms with E-state index in [1.54, 1.807) is 20.8 Å². The fourth-order valence-electron chi connectivity index (χ4n) is 2.52. The molecule has 1 N–H and O–H groups in total. The van der Waals surface area contributed by atoms with E-state index in [-0.39, 0.29) is 18.2 Å². The molecule has 1 aliphatic heterocycles. The summed E-state index contributed by atoms with van der Waals surface area (Å²) in [5.74, 6) is -0.316. The van der Waals surface area contributed by atoms with Crippen LogP contribution in [0.15, 0.2) is 0 Å². The standard InChI is InChI=1S/C13H20N2O3/c1-12(2,3)9(16)8-15-10(17)13(14-11(15)18)6-4-5-7-13/h4-8H2,1-3H3,(H,14,18). The zero-order valence-electron chi connectivity index (χ0n) is 11.2. The quantitative estimate of drug-likeness (QED) is 0.757. The summed E-state index contributed by atoms with van der Waals surface area (Å²) in [6.45, 7) is 5.26. The second kappa shape index (κ2) is 4.07. The number of hydrogen-bond donors (Lipinski definition) is 1. The number of carbonyl (C=O) groups is 3. The summed E-state index contributed by atoms with van der Waals surface area (Å²) in [5, 5.41) is 2.77. The van der Waals surface area contributed by atoms with Gasteiger partial charge in [0.05, 0.1) is 6.54 Å². The van der Waals surface area contributed by atoms with Crippen molar-refractivity contribution in [1.82, 2.24) is 10.2 Å². The van der Waals surface area contributed by atoms with Crippen LogP contribution in [0, 0.1) is 5.41 Å². The molecule has 1 aliphatic carbocycles. The van der Waals surface area contributed by atoms with Crippen LogP contribution >= 0.6 is 0 Å². The van der Waals surface area contributed by atoms with Crippen molar-refractivity contribution in [2.24, 2.45) is 5.41 Å². The monoisotopic (exact) mass is 252 g/mol. The van der Waals surface area contributed by atoms with E-state index in [9.17, 15) is 14.4 Å². The molecule has 1 spiro atoms. The van der Waals surface area contributed by atoms with Crippen molar-refractivity contribution >= 4 is 17.7 Å². The van der Waals surface area contributed by atoms with Gasteiger partial charge < -0.3 is 5.32 Å². The molecule has 1 saturated heterocycles. The van der Waals surface area contributed by atoms with E-state index in [2.05, 4.69) is 5.32 Å². The zero-order valence-corrected chi connectivity index (χ0v) is 11.2. The highest BCUT2D eigenvalue weighted by Gasteiger charge is 2.52. The lowest BCUT2D eigenvalue weighted by molar-refractivity contribution is -0.136. The Morgan fingerprint density at radius 2 is 1.83 bits per heavy atom. The van der Waals surface area contributed by atoms with Gasteiger partial charge in [0, 0.05) is 5.41 Å². The van der Waals surface area contributed by atoms with E-state index in [0.29, 0.717) is 12.8 Å². The summed E-state index contributed by atoms with van der Waals surface area (Å²) in [6.07, 6.45) is 3.29. The summed E-state index contributed by atoms with van der Waals surface area (Å²) >= 11 is 0. The number of hydrogen-bond acceptors (Lipinski definition) is 3. The van der Waals surface area contributed by atoms with Crippen LogP contribution in [0.5, 0.6) is 0 Å². The molecule has 0 radical (unpaired) electrons. The Morgan fingerprint density at radius 3 is 2.33 bits per heavy atom. The highest BCUT2D eigenvalue weighted by Crippen LogP contribution is 2.35. The van der Waals surface area contributed by atoms with Crippen molar-refractivity contribution in [2.45, 2.75) is 52.0 Å². The third-order valence-corrected chi connectivity index (χ3v) is 3.84. The summed E-state index contributed by atoms with van der Waals surface area (Å²) in [7, 11) is 0. The topological polar surface area (TPSA) is 66.5 Å². The number of carbonyl (C=O) groups excluding carboxylic acids is 3. The van der Waals surface area contributed by atoms with Gasteiger partial charge in [0.2, 0.25) is 0 Å². The van der Waals surface area contributed by atoms with E-state index in [1.807, 2.05) is 0 Å². The highest BCUT2D eigenvalue weighted by molar-refractivity contribution is 6.09. The molecule has 1 saturated carbocycles. The maximum Gasteiger partial charge on any atom is 0.325 e. The van der Waals surface area contributed by atoms with E-state index >= 15 is 0 Å². The van der Waals surface area contributed by atoms with Gasteiger partial charge >= 0.3 is 6.03 Å². The second-order valence-electron chi connectivity index (χ2n) is 6.28. The highest BCUT2D eigenvalue weighted by atomic mass is 16.2. The Bertz CT molecular complexity index is 403. The van der Waals surface area contributed by atoms with Crippen molar-refractivity contribution in [3.8, 4) is 0 Å². The summed E-state index contributed by atoms with van der Waals surface area (Å²) in [5.41, 5.74) is -1.25. The lowest BCUT2D eigenvalue weighted by Crippen LogP contribution is -2.45. The van der Waals surface area contributed by atoms with E-state index in [4.69, 9.17) is 0 Å². The van der Waals surface area contributed by atoms with Crippen molar-refractivity contribution < 1.29 is 14.4 Å². The average molecular weight is 252 g/mol.